The van der Waals surface area contributed by atoms with E-state index in [0.29, 0.717) is 18.9 Å². The van der Waals surface area contributed by atoms with Crippen molar-refractivity contribution in [3.63, 3.8) is 0 Å². The number of nitrogens with zero attached hydrogens (tertiary/aromatic N) is 1. The average molecular weight is 240 g/mol. The van der Waals surface area contributed by atoms with Crippen LogP contribution < -0.4 is 5.32 Å². The van der Waals surface area contributed by atoms with E-state index in [1.54, 1.807) is 0 Å². The maximum atomic E-state index is 5.58. The molecule has 3 unspecified atom stereocenters. The summed E-state index contributed by atoms with van der Waals surface area (Å²) in [6, 6.07) is 1.49. The highest BCUT2D eigenvalue weighted by molar-refractivity contribution is 4.94. The van der Waals surface area contributed by atoms with Crippen molar-refractivity contribution in [1.82, 2.24) is 10.2 Å². The molecule has 0 bridgehead atoms. The molecule has 0 aliphatic carbocycles. The van der Waals surface area contributed by atoms with Gasteiger partial charge in [0.05, 0.1) is 12.7 Å². The Morgan fingerprint density at radius 3 is 3.00 bits per heavy atom. The molecule has 0 saturated carbocycles. The summed E-state index contributed by atoms with van der Waals surface area (Å²) < 4.78 is 10.8. The molecule has 3 aliphatic rings. The monoisotopic (exact) mass is 240 g/mol. The molecule has 4 nitrogen and oxygen atoms in total. The second-order valence-corrected chi connectivity index (χ2v) is 5.51. The summed E-state index contributed by atoms with van der Waals surface area (Å²) in [5.74, 6) is 0. The van der Waals surface area contributed by atoms with E-state index in [-0.39, 0.29) is 0 Å². The Balaban J connectivity index is 1.45. The van der Waals surface area contributed by atoms with Gasteiger partial charge in [-0.25, -0.2) is 0 Å². The van der Waals surface area contributed by atoms with Crippen LogP contribution in [0.25, 0.3) is 0 Å². The van der Waals surface area contributed by atoms with Crippen LogP contribution in [0.15, 0.2) is 0 Å². The van der Waals surface area contributed by atoms with Gasteiger partial charge in [0.25, 0.3) is 0 Å². The van der Waals surface area contributed by atoms with Crippen molar-refractivity contribution in [3.8, 4) is 0 Å². The number of ether oxygens (including phenoxy) is 2. The summed E-state index contributed by atoms with van der Waals surface area (Å²) in [7, 11) is 0. The van der Waals surface area contributed by atoms with E-state index in [0.717, 1.165) is 25.6 Å². The molecule has 98 valence electrons. The second-order valence-electron chi connectivity index (χ2n) is 5.51. The van der Waals surface area contributed by atoms with E-state index in [1.165, 1.54) is 38.8 Å². The molecule has 3 fully saturated rings. The van der Waals surface area contributed by atoms with Gasteiger partial charge in [-0.15, -0.1) is 0 Å². The average Bonchev–Trinajstić information content (AvgIpc) is 2.81. The van der Waals surface area contributed by atoms with E-state index in [4.69, 9.17) is 9.47 Å². The lowest BCUT2D eigenvalue weighted by Gasteiger charge is -2.33. The van der Waals surface area contributed by atoms with Gasteiger partial charge in [-0.3, -0.25) is 4.90 Å². The Hall–Kier alpha value is -0.160. The van der Waals surface area contributed by atoms with Crippen LogP contribution in [-0.4, -0.2) is 56.1 Å². The highest BCUT2D eigenvalue weighted by Gasteiger charge is 2.35. The van der Waals surface area contributed by atoms with Crippen molar-refractivity contribution in [2.45, 2.75) is 50.3 Å². The first-order valence-corrected chi connectivity index (χ1v) is 7.10. The Morgan fingerprint density at radius 1 is 1.12 bits per heavy atom. The maximum Gasteiger partial charge on any atom is 0.147 e. The molecule has 3 saturated heterocycles. The fourth-order valence-electron chi connectivity index (χ4n) is 3.43. The molecule has 3 rings (SSSR count). The first-order chi connectivity index (χ1) is 8.43. The molecular formula is C13H24N2O2. The molecule has 0 aromatic carbocycles. The van der Waals surface area contributed by atoms with E-state index < -0.39 is 0 Å². The van der Waals surface area contributed by atoms with Gasteiger partial charge in [-0.1, -0.05) is 6.42 Å². The van der Waals surface area contributed by atoms with Crippen LogP contribution in [0.1, 0.15) is 32.1 Å². The van der Waals surface area contributed by atoms with E-state index >= 15 is 0 Å². The van der Waals surface area contributed by atoms with Crippen molar-refractivity contribution in [3.05, 3.63) is 0 Å². The lowest BCUT2D eigenvalue weighted by Crippen LogP contribution is -2.47. The summed E-state index contributed by atoms with van der Waals surface area (Å²) >= 11 is 0. The Morgan fingerprint density at radius 2 is 2.12 bits per heavy atom. The van der Waals surface area contributed by atoms with Gasteiger partial charge >= 0.3 is 0 Å². The number of nitrogens with one attached hydrogen (secondary N) is 1. The second kappa shape index (κ2) is 5.65. The van der Waals surface area contributed by atoms with Crippen LogP contribution in [0, 0.1) is 0 Å². The molecule has 0 spiro atoms. The van der Waals surface area contributed by atoms with Crippen LogP contribution >= 0.6 is 0 Å². The Kier molecular flexibility index (Phi) is 3.96. The fraction of sp³-hybridized carbons (Fsp3) is 1.00. The number of fused-ring (bicyclic) bond motifs is 1. The van der Waals surface area contributed by atoms with Gasteiger partial charge in [0.2, 0.25) is 0 Å². The topological polar surface area (TPSA) is 33.7 Å². The van der Waals surface area contributed by atoms with E-state index in [1.807, 2.05) is 0 Å². The summed E-state index contributed by atoms with van der Waals surface area (Å²) in [6.07, 6.45) is 6.90. The zero-order valence-electron chi connectivity index (χ0n) is 10.6. The molecule has 0 aromatic rings. The fourth-order valence-corrected chi connectivity index (χ4v) is 3.43. The number of rotatable bonds is 3. The van der Waals surface area contributed by atoms with Gasteiger partial charge in [0.15, 0.2) is 0 Å². The van der Waals surface area contributed by atoms with Gasteiger partial charge in [0, 0.05) is 25.2 Å². The highest BCUT2D eigenvalue weighted by atomic mass is 16.7. The summed E-state index contributed by atoms with van der Waals surface area (Å²) in [6.45, 7) is 4.94. The van der Waals surface area contributed by atoms with Gasteiger partial charge in [-0.2, -0.15) is 0 Å². The van der Waals surface area contributed by atoms with Gasteiger partial charge < -0.3 is 14.8 Å². The Bertz CT molecular complexity index is 244. The molecular weight excluding hydrogens is 216 g/mol. The van der Waals surface area contributed by atoms with Crippen LogP contribution in [0.3, 0.4) is 0 Å². The standard InChI is InChI=1S/C13H24N2O2/c1-2-6-15-7-4-12(13(15)3-1)14-9-11-5-8-16-10-17-11/h11-14H,1-10H2. The number of hydrogen-bond acceptors (Lipinski definition) is 4. The van der Waals surface area contributed by atoms with E-state index in [2.05, 4.69) is 10.2 Å². The van der Waals surface area contributed by atoms with Crippen molar-refractivity contribution in [2.24, 2.45) is 0 Å². The molecule has 0 amide bonds. The predicted molar refractivity (Wildman–Crippen MR) is 65.9 cm³/mol. The van der Waals surface area contributed by atoms with Crippen LogP contribution in [0.2, 0.25) is 0 Å². The van der Waals surface area contributed by atoms with Crippen LogP contribution in [0.4, 0.5) is 0 Å². The number of hydrogen-bond donors (Lipinski definition) is 1. The van der Waals surface area contributed by atoms with E-state index in [9.17, 15) is 0 Å². The molecule has 4 heteroatoms. The molecule has 17 heavy (non-hydrogen) atoms. The van der Waals surface area contributed by atoms with Crippen molar-refractivity contribution in [1.29, 1.82) is 0 Å². The zero-order valence-corrected chi connectivity index (χ0v) is 10.6. The van der Waals surface area contributed by atoms with Crippen LogP contribution in [0.5, 0.6) is 0 Å². The minimum Gasteiger partial charge on any atom is -0.355 e. The smallest absolute Gasteiger partial charge is 0.147 e. The SMILES string of the molecule is C1CCN2CCC(NCC3CCOCO3)C2C1. The molecule has 0 radical (unpaired) electrons. The lowest BCUT2D eigenvalue weighted by atomic mass is 9.99. The summed E-state index contributed by atoms with van der Waals surface area (Å²) in [5.41, 5.74) is 0. The zero-order chi connectivity index (χ0) is 11.5. The van der Waals surface area contributed by atoms with Crippen molar-refractivity contribution < 1.29 is 9.47 Å². The minimum absolute atomic E-state index is 0.362. The molecule has 0 aromatic heterocycles. The first kappa shape index (κ1) is 11.9. The van der Waals surface area contributed by atoms with Gasteiger partial charge in [-0.05, 0) is 32.2 Å². The minimum atomic E-state index is 0.362. The van der Waals surface area contributed by atoms with Gasteiger partial charge in [0.1, 0.15) is 6.79 Å². The summed E-state index contributed by atoms with van der Waals surface area (Å²) in [5, 5.41) is 3.73. The third kappa shape index (κ3) is 2.81. The molecule has 1 N–H and O–H groups in total. The van der Waals surface area contributed by atoms with Crippen molar-refractivity contribution >= 4 is 0 Å². The highest BCUT2D eigenvalue weighted by Crippen LogP contribution is 2.27. The predicted octanol–water partition coefficient (Wildman–Crippen LogP) is 0.966. The normalized spacial score (nSPS) is 39.2. The van der Waals surface area contributed by atoms with Crippen LogP contribution in [-0.2, 0) is 9.47 Å². The summed E-state index contributed by atoms with van der Waals surface area (Å²) in [4.78, 5) is 2.67. The quantitative estimate of drug-likeness (QED) is 0.797. The Labute approximate surface area is 104 Å². The molecule has 3 atom stereocenters. The third-order valence-electron chi connectivity index (χ3n) is 4.43. The third-order valence-corrected chi connectivity index (χ3v) is 4.43. The number of piperidine rings is 1. The largest absolute Gasteiger partial charge is 0.355 e. The maximum absolute atomic E-state index is 5.58. The first-order valence-electron chi connectivity index (χ1n) is 7.10. The van der Waals surface area contributed by atoms with Crippen molar-refractivity contribution in [2.75, 3.05) is 33.0 Å². The molecule has 3 heterocycles. The molecule has 3 aliphatic heterocycles. The lowest BCUT2D eigenvalue weighted by molar-refractivity contribution is -0.137.